The molecular formula is C19H24N4S. The van der Waals surface area contributed by atoms with Gasteiger partial charge in [0.25, 0.3) is 0 Å². The summed E-state index contributed by atoms with van der Waals surface area (Å²) in [5.74, 6) is 0.844. The Bertz CT molecular complexity index is 844. The fraction of sp³-hybridized carbons (Fsp3) is 0.316. The lowest BCUT2D eigenvalue weighted by Crippen LogP contribution is -2.37. The summed E-state index contributed by atoms with van der Waals surface area (Å²) in [7, 11) is 1.81. The highest BCUT2D eigenvalue weighted by Gasteiger charge is 2.05. The number of rotatable bonds is 5. The molecule has 2 aromatic heterocycles. The third-order valence-electron chi connectivity index (χ3n) is 4.06. The van der Waals surface area contributed by atoms with Gasteiger partial charge in [0.05, 0.1) is 6.54 Å². The highest BCUT2D eigenvalue weighted by Crippen LogP contribution is 2.19. The normalized spacial score (nSPS) is 11.9. The Kier molecular flexibility index (Phi) is 5.20. The fourth-order valence-corrected chi connectivity index (χ4v) is 3.62. The van der Waals surface area contributed by atoms with E-state index >= 15 is 0 Å². The number of fused-ring (bicyclic) bond motifs is 1. The van der Waals surface area contributed by atoms with Crippen LogP contribution in [0.5, 0.6) is 0 Å². The van der Waals surface area contributed by atoms with Crippen molar-refractivity contribution in [2.24, 2.45) is 4.99 Å². The first kappa shape index (κ1) is 16.6. The number of hydrogen-bond donors (Lipinski definition) is 3. The summed E-state index contributed by atoms with van der Waals surface area (Å²) in [5.41, 5.74) is 3.82. The second kappa shape index (κ2) is 7.53. The molecule has 0 aliphatic carbocycles. The predicted octanol–water partition coefficient (Wildman–Crippen LogP) is 3.75. The highest BCUT2D eigenvalue weighted by atomic mass is 32.1. The van der Waals surface area contributed by atoms with E-state index in [1.807, 2.05) is 18.4 Å². The molecule has 0 atom stereocenters. The first-order chi connectivity index (χ1) is 11.7. The summed E-state index contributed by atoms with van der Waals surface area (Å²) in [6.07, 6.45) is 3.07. The molecule has 2 heterocycles. The monoisotopic (exact) mass is 340 g/mol. The van der Waals surface area contributed by atoms with Crippen LogP contribution in [0.2, 0.25) is 0 Å². The van der Waals surface area contributed by atoms with Crippen molar-refractivity contribution in [2.75, 3.05) is 13.6 Å². The largest absolute Gasteiger partial charge is 0.361 e. The molecule has 0 fully saturated rings. The maximum absolute atomic E-state index is 4.29. The standard InChI is InChI=1S/C19H24N4S/c1-13-4-7-17-15(11-22-18(17)10-13)8-9-21-19(20-3)23-12-16-6-5-14(2)24-16/h4-7,10-11,22H,8-9,12H2,1-3H3,(H2,20,21,23). The number of nitrogens with zero attached hydrogens (tertiary/aromatic N) is 1. The molecule has 0 saturated heterocycles. The van der Waals surface area contributed by atoms with E-state index in [1.54, 1.807) is 0 Å². The Balaban J connectivity index is 1.52. The number of guanidine groups is 1. The average Bonchev–Trinajstić information content (AvgIpc) is 3.16. The van der Waals surface area contributed by atoms with E-state index < -0.39 is 0 Å². The number of aliphatic imine (C=N–C) groups is 1. The maximum atomic E-state index is 4.29. The molecule has 0 amide bonds. The number of aryl methyl sites for hydroxylation is 2. The van der Waals surface area contributed by atoms with Gasteiger partial charge < -0.3 is 15.6 Å². The molecule has 3 rings (SSSR count). The minimum absolute atomic E-state index is 0.810. The lowest BCUT2D eigenvalue weighted by Gasteiger charge is -2.11. The number of benzene rings is 1. The van der Waals surface area contributed by atoms with Gasteiger partial charge in [-0.1, -0.05) is 12.1 Å². The van der Waals surface area contributed by atoms with Gasteiger partial charge in [-0.15, -0.1) is 11.3 Å². The van der Waals surface area contributed by atoms with Crippen molar-refractivity contribution < 1.29 is 0 Å². The van der Waals surface area contributed by atoms with E-state index in [4.69, 9.17) is 0 Å². The minimum atomic E-state index is 0.810. The Morgan fingerprint density at radius 1 is 1.17 bits per heavy atom. The third kappa shape index (κ3) is 3.97. The van der Waals surface area contributed by atoms with Gasteiger partial charge in [-0.2, -0.15) is 0 Å². The van der Waals surface area contributed by atoms with Crippen molar-refractivity contribution in [3.63, 3.8) is 0 Å². The first-order valence-corrected chi connectivity index (χ1v) is 9.04. The molecule has 0 spiro atoms. The van der Waals surface area contributed by atoms with Crippen LogP contribution in [-0.2, 0) is 13.0 Å². The van der Waals surface area contributed by atoms with E-state index in [9.17, 15) is 0 Å². The molecule has 3 N–H and O–H groups in total. The smallest absolute Gasteiger partial charge is 0.191 e. The summed E-state index contributed by atoms with van der Waals surface area (Å²) in [4.78, 5) is 10.3. The molecule has 1 aromatic carbocycles. The van der Waals surface area contributed by atoms with Gasteiger partial charge in [-0.3, -0.25) is 4.99 Å². The van der Waals surface area contributed by atoms with Crippen molar-refractivity contribution in [1.82, 2.24) is 15.6 Å². The number of hydrogen-bond acceptors (Lipinski definition) is 2. The van der Waals surface area contributed by atoms with Crippen LogP contribution in [0, 0.1) is 13.8 Å². The van der Waals surface area contributed by atoms with Gasteiger partial charge in [-0.05, 0) is 49.6 Å². The van der Waals surface area contributed by atoms with Crippen LogP contribution >= 0.6 is 11.3 Å². The van der Waals surface area contributed by atoms with E-state index in [1.165, 1.54) is 31.8 Å². The van der Waals surface area contributed by atoms with Gasteiger partial charge in [0, 0.05) is 40.4 Å². The summed E-state index contributed by atoms with van der Waals surface area (Å²) >= 11 is 1.82. The number of thiophene rings is 1. The average molecular weight is 340 g/mol. The molecule has 126 valence electrons. The molecule has 3 aromatic rings. The molecule has 5 heteroatoms. The van der Waals surface area contributed by atoms with Crippen molar-refractivity contribution in [2.45, 2.75) is 26.8 Å². The molecule has 0 unspecified atom stereocenters. The lowest BCUT2D eigenvalue weighted by atomic mass is 10.1. The van der Waals surface area contributed by atoms with E-state index in [-0.39, 0.29) is 0 Å². The van der Waals surface area contributed by atoms with Gasteiger partial charge in [0.2, 0.25) is 0 Å². The van der Waals surface area contributed by atoms with E-state index in [0.717, 1.165) is 25.5 Å². The summed E-state index contributed by atoms with van der Waals surface area (Å²) in [6.45, 7) is 5.91. The number of nitrogens with one attached hydrogen (secondary N) is 3. The lowest BCUT2D eigenvalue weighted by molar-refractivity contribution is 0.801. The molecule has 0 aliphatic rings. The van der Waals surface area contributed by atoms with Crippen LogP contribution in [0.3, 0.4) is 0 Å². The minimum Gasteiger partial charge on any atom is -0.361 e. The van der Waals surface area contributed by atoms with Crippen LogP contribution in [0.1, 0.15) is 20.9 Å². The van der Waals surface area contributed by atoms with Crippen LogP contribution < -0.4 is 10.6 Å². The Hall–Kier alpha value is -2.27. The third-order valence-corrected chi connectivity index (χ3v) is 5.06. The quantitative estimate of drug-likeness (QED) is 0.489. The molecule has 4 nitrogen and oxygen atoms in total. The van der Waals surface area contributed by atoms with Crippen LogP contribution in [0.15, 0.2) is 41.5 Å². The van der Waals surface area contributed by atoms with E-state index in [2.05, 4.69) is 71.0 Å². The van der Waals surface area contributed by atoms with Crippen molar-refractivity contribution in [3.05, 3.63) is 57.4 Å². The summed E-state index contributed by atoms with van der Waals surface area (Å²) in [5, 5.41) is 8.06. The molecule has 0 saturated carbocycles. The fourth-order valence-electron chi connectivity index (χ4n) is 2.79. The Morgan fingerprint density at radius 3 is 2.79 bits per heavy atom. The van der Waals surface area contributed by atoms with E-state index in [0.29, 0.717) is 0 Å². The zero-order valence-electron chi connectivity index (χ0n) is 14.4. The van der Waals surface area contributed by atoms with Gasteiger partial charge in [0.15, 0.2) is 5.96 Å². The van der Waals surface area contributed by atoms with Crippen molar-refractivity contribution in [1.29, 1.82) is 0 Å². The Labute approximate surface area is 147 Å². The molecule has 24 heavy (non-hydrogen) atoms. The van der Waals surface area contributed by atoms with Gasteiger partial charge in [0.1, 0.15) is 0 Å². The topological polar surface area (TPSA) is 52.2 Å². The van der Waals surface area contributed by atoms with Gasteiger partial charge in [-0.25, -0.2) is 0 Å². The molecule has 0 bridgehead atoms. The maximum Gasteiger partial charge on any atom is 0.191 e. The Morgan fingerprint density at radius 2 is 2.04 bits per heavy atom. The van der Waals surface area contributed by atoms with Crippen molar-refractivity contribution >= 4 is 28.2 Å². The van der Waals surface area contributed by atoms with Gasteiger partial charge >= 0.3 is 0 Å². The van der Waals surface area contributed by atoms with Crippen LogP contribution in [-0.4, -0.2) is 24.5 Å². The second-order valence-corrected chi connectivity index (χ2v) is 7.35. The summed E-state index contributed by atoms with van der Waals surface area (Å²) < 4.78 is 0. The highest BCUT2D eigenvalue weighted by molar-refractivity contribution is 7.11. The zero-order valence-corrected chi connectivity index (χ0v) is 15.3. The summed E-state index contributed by atoms with van der Waals surface area (Å²) in [6, 6.07) is 10.9. The zero-order chi connectivity index (χ0) is 16.9. The number of aromatic nitrogens is 1. The SMILES string of the molecule is CN=C(NCCc1c[nH]c2cc(C)ccc12)NCc1ccc(C)s1. The van der Waals surface area contributed by atoms with Crippen molar-refractivity contribution in [3.8, 4) is 0 Å². The molecular weight excluding hydrogens is 316 g/mol. The van der Waals surface area contributed by atoms with Crippen LogP contribution in [0.4, 0.5) is 0 Å². The number of aromatic amines is 1. The predicted molar refractivity (Wildman–Crippen MR) is 104 cm³/mol. The first-order valence-electron chi connectivity index (χ1n) is 8.22. The second-order valence-electron chi connectivity index (χ2n) is 5.98. The molecule has 0 aliphatic heterocycles. The molecule has 0 radical (unpaired) electrons. The van der Waals surface area contributed by atoms with Crippen LogP contribution in [0.25, 0.3) is 10.9 Å². The number of H-pyrrole nitrogens is 1.